The van der Waals surface area contributed by atoms with Gasteiger partial charge in [0.05, 0.1) is 0 Å². The smallest absolute Gasteiger partial charge is 0.147 e. The molecule has 1 saturated heterocycles. The summed E-state index contributed by atoms with van der Waals surface area (Å²) in [6, 6.07) is 10.3. The summed E-state index contributed by atoms with van der Waals surface area (Å²) in [5.41, 5.74) is 16.2. The van der Waals surface area contributed by atoms with E-state index in [1.807, 2.05) is 0 Å². The van der Waals surface area contributed by atoms with Crippen LogP contribution in [0.1, 0.15) is 145 Å². The second-order valence-electron chi connectivity index (χ2n) is 13.2. The first kappa shape index (κ1) is 30.9. The van der Waals surface area contributed by atoms with Crippen LogP contribution in [0.15, 0.2) is 35.4 Å². The first-order valence-electron chi connectivity index (χ1n) is 14.2. The van der Waals surface area contributed by atoms with Gasteiger partial charge in [0.2, 0.25) is 0 Å². The van der Waals surface area contributed by atoms with E-state index < -0.39 is 20.3 Å². The van der Waals surface area contributed by atoms with Gasteiger partial charge in [-0.25, -0.2) is 0 Å². The third-order valence-electron chi connectivity index (χ3n) is 9.36. The van der Waals surface area contributed by atoms with Gasteiger partial charge < -0.3 is 0 Å². The van der Waals surface area contributed by atoms with E-state index in [2.05, 4.69) is 106 Å². The SMILES string of the molecule is CC1=Cc2c(C(C)C)cc(C(C)C)cc2[CH]1[Zr]1([CH]2C(C)=Cc3c(C(C)C)cc(C(C)C)cc32)[CH2][CH2]1.Cl.Cl. The Morgan fingerprint density at radius 3 is 1.19 bits per heavy atom. The van der Waals surface area contributed by atoms with E-state index in [9.17, 15) is 0 Å². The van der Waals surface area contributed by atoms with Crippen molar-refractivity contribution in [2.24, 2.45) is 0 Å². The number of benzene rings is 2. The van der Waals surface area contributed by atoms with Crippen molar-refractivity contribution in [3.8, 4) is 0 Å². The van der Waals surface area contributed by atoms with Gasteiger partial charge in [0.1, 0.15) is 0 Å². The first-order chi connectivity index (χ1) is 16.5. The summed E-state index contributed by atoms with van der Waals surface area (Å²) >= 11 is -2.56. The molecule has 2 atom stereocenters. The normalized spacial score (nSPS) is 21.0. The van der Waals surface area contributed by atoms with E-state index in [4.69, 9.17) is 0 Å². The second-order valence-corrected chi connectivity index (χ2v) is 24.6. The standard InChI is InChI=1S/2C16H21.C2H4.2ClH.Zr/c2*1-10(2)13-8-14-6-12(5)7-16(14)15(9-13)11(3)4;1-2;;;/h2*6-11H,1-5H3;1-2H2;2*1H;. The molecular formula is C34H48Cl2Zr. The van der Waals surface area contributed by atoms with Crippen LogP contribution in [0.2, 0.25) is 8.26 Å². The van der Waals surface area contributed by atoms with E-state index >= 15 is 0 Å². The Morgan fingerprint density at radius 2 is 0.919 bits per heavy atom. The fraction of sp³-hybridized carbons (Fsp3) is 0.529. The Bertz CT molecular complexity index is 1150. The predicted octanol–water partition coefficient (Wildman–Crippen LogP) is 11.6. The van der Waals surface area contributed by atoms with Crippen molar-refractivity contribution >= 4 is 37.0 Å². The van der Waals surface area contributed by atoms with Gasteiger partial charge in [-0.1, -0.05) is 0 Å². The quantitative estimate of drug-likeness (QED) is 0.302. The number of allylic oxidation sites excluding steroid dienone is 2. The zero-order valence-corrected chi connectivity index (χ0v) is 28.7. The zero-order chi connectivity index (χ0) is 25.4. The molecule has 202 valence electrons. The minimum atomic E-state index is -2.56. The molecule has 37 heavy (non-hydrogen) atoms. The largest absolute Gasteiger partial charge is 0.147 e. The molecule has 0 bridgehead atoms. The molecule has 2 aliphatic carbocycles. The van der Waals surface area contributed by atoms with Crippen molar-refractivity contribution in [2.75, 3.05) is 0 Å². The molecule has 3 heteroatoms. The van der Waals surface area contributed by atoms with Crippen molar-refractivity contribution in [1.29, 1.82) is 0 Å². The molecule has 5 rings (SSSR count). The van der Waals surface area contributed by atoms with Crippen molar-refractivity contribution in [3.05, 3.63) is 79.9 Å². The van der Waals surface area contributed by atoms with Gasteiger partial charge in [-0.3, -0.25) is 0 Å². The van der Waals surface area contributed by atoms with Gasteiger partial charge in [-0.15, -0.1) is 24.8 Å². The Kier molecular flexibility index (Phi) is 9.28. The maximum Gasteiger partial charge on any atom is -0.147 e. The molecule has 2 aromatic carbocycles. The molecule has 0 N–H and O–H groups in total. The maximum absolute atomic E-state index is 2.64. The summed E-state index contributed by atoms with van der Waals surface area (Å²) in [5, 5.41) is 0. The Balaban J connectivity index is 0.00000190. The van der Waals surface area contributed by atoms with Gasteiger partial charge in [0.15, 0.2) is 0 Å². The van der Waals surface area contributed by atoms with Crippen LogP contribution < -0.4 is 0 Å². The summed E-state index contributed by atoms with van der Waals surface area (Å²) in [5.74, 6) is 2.32. The molecule has 3 aliphatic rings. The third kappa shape index (κ3) is 5.05. The molecule has 0 nitrogen and oxygen atoms in total. The van der Waals surface area contributed by atoms with E-state index in [0.717, 1.165) is 7.25 Å². The Morgan fingerprint density at radius 1 is 0.568 bits per heavy atom. The number of rotatable bonds is 6. The predicted molar refractivity (Wildman–Crippen MR) is 166 cm³/mol. The van der Waals surface area contributed by atoms with Crippen LogP contribution in [0.4, 0.5) is 0 Å². The van der Waals surface area contributed by atoms with Crippen LogP contribution in [0.5, 0.6) is 0 Å². The maximum atomic E-state index is 2.64. The molecule has 2 unspecified atom stereocenters. The summed E-state index contributed by atoms with van der Waals surface area (Å²) < 4.78 is 4.59. The number of hydrogen-bond acceptors (Lipinski definition) is 0. The molecule has 1 fully saturated rings. The molecule has 0 spiro atoms. The van der Waals surface area contributed by atoms with E-state index in [1.54, 1.807) is 63.9 Å². The van der Waals surface area contributed by atoms with Crippen LogP contribution >= 0.6 is 24.8 Å². The molecule has 2 aromatic rings. The summed E-state index contributed by atoms with van der Waals surface area (Å²) in [7, 11) is 0. The minimum absolute atomic E-state index is 0. The summed E-state index contributed by atoms with van der Waals surface area (Å²) in [6.45, 7) is 23.9. The van der Waals surface area contributed by atoms with E-state index in [0.29, 0.717) is 23.7 Å². The third-order valence-corrected chi connectivity index (χ3v) is 22.9. The summed E-state index contributed by atoms with van der Waals surface area (Å²) in [4.78, 5) is 0. The molecular weight excluding hydrogens is 571 g/mol. The zero-order valence-electron chi connectivity index (χ0n) is 24.7. The Hall–Kier alpha value is -0.617. The van der Waals surface area contributed by atoms with Gasteiger partial charge in [-0.05, 0) is 0 Å². The van der Waals surface area contributed by atoms with Crippen molar-refractivity contribution in [2.45, 2.75) is 108 Å². The van der Waals surface area contributed by atoms with Crippen LogP contribution in [-0.4, -0.2) is 0 Å². The fourth-order valence-electron chi connectivity index (χ4n) is 7.41. The molecule has 0 aromatic heterocycles. The average molecular weight is 619 g/mol. The Labute approximate surface area is 244 Å². The van der Waals surface area contributed by atoms with Gasteiger partial charge in [-0.2, -0.15) is 0 Å². The molecule has 0 radical (unpaired) electrons. The summed E-state index contributed by atoms with van der Waals surface area (Å²) in [6.07, 6.45) is 5.21. The van der Waals surface area contributed by atoms with Crippen molar-refractivity contribution in [1.82, 2.24) is 0 Å². The molecule has 0 amide bonds. The van der Waals surface area contributed by atoms with Gasteiger partial charge in [0, 0.05) is 0 Å². The van der Waals surface area contributed by atoms with Crippen molar-refractivity contribution < 1.29 is 20.3 Å². The number of halogens is 2. The fourth-order valence-corrected chi connectivity index (χ4v) is 25.1. The minimum Gasteiger partial charge on any atom is -0.147 e. The topological polar surface area (TPSA) is 0 Å². The van der Waals surface area contributed by atoms with Gasteiger partial charge in [0.25, 0.3) is 0 Å². The second kappa shape index (κ2) is 11.1. The van der Waals surface area contributed by atoms with E-state index in [1.165, 1.54) is 0 Å². The van der Waals surface area contributed by atoms with Crippen LogP contribution in [0.25, 0.3) is 12.2 Å². The first-order valence-corrected chi connectivity index (χ1v) is 20.5. The van der Waals surface area contributed by atoms with Gasteiger partial charge >= 0.3 is 221 Å². The number of fused-ring (bicyclic) bond motifs is 2. The molecule has 0 saturated carbocycles. The van der Waals surface area contributed by atoms with Crippen molar-refractivity contribution in [3.63, 3.8) is 0 Å². The average Bonchev–Trinajstić information content (AvgIpc) is 3.36. The van der Waals surface area contributed by atoms with Crippen LogP contribution in [-0.2, 0) is 20.3 Å². The molecule has 1 aliphatic heterocycles. The van der Waals surface area contributed by atoms with Crippen LogP contribution in [0, 0.1) is 0 Å². The number of hydrogen-bond donors (Lipinski definition) is 0. The van der Waals surface area contributed by atoms with Crippen LogP contribution in [0.3, 0.4) is 0 Å². The van der Waals surface area contributed by atoms with E-state index in [-0.39, 0.29) is 24.8 Å². The molecule has 1 heterocycles. The monoisotopic (exact) mass is 616 g/mol.